The lowest BCUT2D eigenvalue weighted by molar-refractivity contribution is 0.0762. The van der Waals surface area contributed by atoms with Gasteiger partial charge < -0.3 is 9.32 Å². The molecule has 0 radical (unpaired) electrons. The smallest absolute Gasteiger partial charge is 0.272 e. The third-order valence-corrected chi connectivity index (χ3v) is 4.65. The van der Waals surface area contributed by atoms with Crippen molar-refractivity contribution in [2.75, 3.05) is 13.1 Å². The van der Waals surface area contributed by atoms with Crippen LogP contribution in [0.2, 0.25) is 0 Å². The number of aromatic nitrogens is 3. The largest absolute Gasteiger partial charge is 0.445 e. The van der Waals surface area contributed by atoms with Gasteiger partial charge in [-0.2, -0.15) is 5.10 Å². The second-order valence-electron chi connectivity index (χ2n) is 6.41. The number of carbonyl (C=O) groups is 1. The van der Waals surface area contributed by atoms with Gasteiger partial charge in [0.15, 0.2) is 0 Å². The molecule has 0 unspecified atom stereocenters. The molecule has 0 saturated carbocycles. The molecule has 0 N–H and O–H groups in total. The van der Waals surface area contributed by atoms with Crippen LogP contribution in [0.4, 0.5) is 0 Å². The van der Waals surface area contributed by atoms with Crippen LogP contribution in [0.5, 0.6) is 0 Å². The van der Waals surface area contributed by atoms with Gasteiger partial charge in [0.25, 0.3) is 5.91 Å². The minimum absolute atomic E-state index is 0.0180. The number of hydrogen-bond acceptors (Lipinski definition) is 4. The number of nitrogens with zero attached hydrogens (tertiary/aromatic N) is 4. The maximum Gasteiger partial charge on any atom is 0.272 e. The van der Waals surface area contributed by atoms with Crippen molar-refractivity contribution in [2.45, 2.75) is 13.3 Å². The van der Waals surface area contributed by atoms with Gasteiger partial charge >= 0.3 is 0 Å². The van der Waals surface area contributed by atoms with Crippen LogP contribution in [-0.4, -0.2) is 38.7 Å². The molecule has 1 aliphatic rings. The Morgan fingerprint density at radius 2 is 2.04 bits per heavy atom. The van der Waals surface area contributed by atoms with Crippen LogP contribution in [0, 0.1) is 6.92 Å². The molecule has 1 amide bonds. The highest BCUT2D eigenvalue weighted by Gasteiger charge is 2.23. The second-order valence-corrected chi connectivity index (χ2v) is 6.41. The van der Waals surface area contributed by atoms with E-state index in [2.05, 4.69) is 22.2 Å². The van der Waals surface area contributed by atoms with Crippen LogP contribution in [0.3, 0.4) is 0 Å². The van der Waals surface area contributed by atoms with Crippen LogP contribution < -0.4 is 0 Å². The van der Waals surface area contributed by atoms with Crippen molar-refractivity contribution >= 4 is 11.5 Å². The van der Waals surface area contributed by atoms with E-state index in [0.29, 0.717) is 24.7 Å². The van der Waals surface area contributed by atoms with E-state index < -0.39 is 0 Å². The lowest BCUT2D eigenvalue weighted by atomic mass is 9.94. The summed E-state index contributed by atoms with van der Waals surface area (Å²) < 4.78 is 7.12. The molecule has 6 nitrogen and oxygen atoms in total. The number of benzene rings is 1. The maximum absolute atomic E-state index is 12.7. The fraction of sp³-hybridized carbons (Fsp3) is 0.250. The normalized spacial score (nSPS) is 14.4. The third-order valence-electron chi connectivity index (χ3n) is 4.65. The number of rotatable bonds is 3. The highest BCUT2D eigenvalue weighted by atomic mass is 16.3. The lowest BCUT2D eigenvalue weighted by Crippen LogP contribution is -2.35. The van der Waals surface area contributed by atoms with Gasteiger partial charge in [0.05, 0.1) is 11.9 Å². The molecule has 3 heterocycles. The maximum atomic E-state index is 12.7. The zero-order valence-electron chi connectivity index (χ0n) is 14.8. The molecule has 1 aromatic carbocycles. The first-order valence-corrected chi connectivity index (χ1v) is 8.61. The first-order valence-electron chi connectivity index (χ1n) is 8.61. The zero-order chi connectivity index (χ0) is 18.1. The molecule has 1 aliphatic heterocycles. The van der Waals surface area contributed by atoms with Gasteiger partial charge in [0, 0.05) is 25.7 Å². The van der Waals surface area contributed by atoms with E-state index in [0.717, 1.165) is 23.2 Å². The van der Waals surface area contributed by atoms with Crippen LogP contribution in [0.15, 0.2) is 53.3 Å². The molecule has 0 aliphatic carbocycles. The molecular formula is C20H20N4O2. The molecule has 6 heteroatoms. The molecule has 132 valence electrons. The van der Waals surface area contributed by atoms with Gasteiger partial charge in [-0.3, -0.25) is 9.48 Å². The molecule has 4 rings (SSSR count). The quantitative estimate of drug-likeness (QED) is 0.728. The number of hydrogen-bond donors (Lipinski definition) is 0. The van der Waals surface area contributed by atoms with Crippen LogP contribution in [0.25, 0.3) is 17.0 Å². The van der Waals surface area contributed by atoms with Gasteiger partial charge in [-0.1, -0.05) is 24.3 Å². The van der Waals surface area contributed by atoms with E-state index in [1.54, 1.807) is 24.2 Å². The van der Waals surface area contributed by atoms with Crippen LogP contribution >= 0.6 is 0 Å². The minimum Gasteiger partial charge on any atom is -0.445 e. The monoisotopic (exact) mass is 348 g/mol. The molecule has 0 atom stereocenters. The summed E-state index contributed by atoms with van der Waals surface area (Å²) in [6.07, 6.45) is 6.14. The molecule has 0 bridgehead atoms. The molecule has 0 spiro atoms. The van der Waals surface area contributed by atoms with E-state index in [4.69, 9.17) is 4.42 Å². The van der Waals surface area contributed by atoms with Crippen molar-refractivity contribution in [2.24, 2.45) is 7.05 Å². The first-order chi connectivity index (χ1) is 12.6. The molecule has 0 fully saturated rings. The Morgan fingerprint density at radius 1 is 1.23 bits per heavy atom. The Kier molecular flexibility index (Phi) is 4.16. The predicted molar refractivity (Wildman–Crippen MR) is 98.4 cm³/mol. The van der Waals surface area contributed by atoms with Gasteiger partial charge in [-0.25, -0.2) is 4.98 Å². The van der Waals surface area contributed by atoms with Gasteiger partial charge in [-0.05, 0) is 36.6 Å². The summed E-state index contributed by atoms with van der Waals surface area (Å²) in [5.74, 6) is 0.634. The Balaban J connectivity index is 1.58. The number of carbonyl (C=O) groups excluding carboxylic acids is 1. The first kappa shape index (κ1) is 16.3. The predicted octanol–water partition coefficient (Wildman–Crippen LogP) is 3.31. The van der Waals surface area contributed by atoms with Crippen molar-refractivity contribution in [3.05, 3.63) is 65.8 Å². The highest BCUT2D eigenvalue weighted by Crippen LogP contribution is 2.31. The molecular weight excluding hydrogens is 328 g/mol. The fourth-order valence-electron chi connectivity index (χ4n) is 3.38. The standard InChI is InChI=1S/C20H20N4O2/c1-14-13-18(23(2)22-14)20(25)24-10-7-15(8-11-24)16-5-3-4-6-17(16)19-21-9-12-26-19/h3-7,9,12-13H,8,10-11H2,1-2H3. The summed E-state index contributed by atoms with van der Waals surface area (Å²) in [4.78, 5) is 18.9. The number of amides is 1. The van der Waals surface area contributed by atoms with Crippen molar-refractivity contribution in [3.63, 3.8) is 0 Å². The fourth-order valence-corrected chi connectivity index (χ4v) is 3.38. The Hall–Kier alpha value is -3.15. The molecule has 3 aromatic rings. The molecule has 26 heavy (non-hydrogen) atoms. The topological polar surface area (TPSA) is 64.2 Å². The Bertz CT molecular complexity index is 970. The van der Waals surface area contributed by atoms with Crippen molar-refractivity contribution in [1.29, 1.82) is 0 Å². The lowest BCUT2D eigenvalue weighted by Gasteiger charge is -2.27. The Labute approximate surface area is 151 Å². The summed E-state index contributed by atoms with van der Waals surface area (Å²) >= 11 is 0. The summed E-state index contributed by atoms with van der Waals surface area (Å²) in [7, 11) is 1.80. The van der Waals surface area contributed by atoms with E-state index in [1.165, 1.54) is 5.57 Å². The van der Waals surface area contributed by atoms with E-state index in [9.17, 15) is 4.79 Å². The van der Waals surface area contributed by atoms with Crippen LogP contribution in [-0.2, 0) is 7.05 Å². The zero-order valence-corrected chi connectivity index (χ0v) is 14.8. The summed E-state index contributed by atoms with van der Waals surface area (Å²) in [6.45, 7) is 3.15. The molecule has 2 aromatic heterocycles. The summed E-state index contributed by atoms with van der Waals surface area (Å²) in [5.41, 5.74) is 4.77. The van der Waals surface area contributed by atoms with E-state index in [-0.39, 0.29) is 5.91 Å². The van der Waals surface area contributed by atoms with E-state index >= 15 is 0 Å². The van der Waals surface area contributed by atoms with E-state index in [1.807, 2.05) is 36.1 Å². The number of aryl methyl sites for hydroxylation is 2. The van der Waals surface area contributed by atoms with Crippen molar-refractivity contribution < 1.29 is 9.21 Å². The second kappa shape index (κ2) is 6.63. The van der Waals surface area contributed by atoms with Gasteiger partial charge in [0.1, 0.15) is 12.0 Å². The average Bonchev–Trinajstić information content (AvgIpc) is 3.31. The average molecular weight is 348 g/mol. The molecule has 0 saturated heterocycles. The third kappa shape index (κ3) is 2.94. The number of oxazole rings is 1. The van der Waals surface area contributed by atoms with Gasteiger partial charge in [-0.15, -0.1) is 0 Å². The Morgan fingerprint density at radius 3 is 2.65 bits per heavy atom. The van der Waals surface area contributed by atoms with Gasteiger partial charge in [0.2, 0.25) is 5.89 Å². The van der Waals surface area contributed by atoms with Crippen molar-refractivity contribution in [3.8, 4) is 11.5 Å². The highest BCUT2D eigenvalue weighted by molar-refractivity contribution is 5.93. The summed E-state index contributed by atoms with van der Waals surface area (Å²) in [6, 6.07) is 9.91. The van der Waals surface area contributed by atoms with Crippen LogP contribution in [0.1, 0.15) is 28.2 Å². The SMILES string of the molecule is Cc1cc(C(=O)N2CC=C(c3ccccc3-c3ncco3)CC2)n(C)n1. The van der Waals surface area contributed by atoms with Crippen molar-refractivity contribution in [1.82, 2.24) is 19.7 Å². The minimum atomic E-state index is 0.0180. The summed E-state index contributed by atoms with van der Waals surface area (Å²) in [5, 5.41) is 4.27.